The lowest BCUT2D eigenvalue weighted by Gasteiger charge is -2.43. The molecule has 2 aliphatic rings. The van der Waals surface area contributed by atoms with E-state index in [4.69, 9.17) is 9.72 Å². The molecule has 0 saturated carbocycles. The molecule has 5 rings (SSSR count). The fourth-order valence-corrected chi connectivity index (χ4v) is 6.51. The topological polar surface area (TPSA) is 99.7 Å². The number of nitriles is 2. The maximum Gasteiger partial charge on any atom is 0.246 e. The number of benzene rings is 2. The summed E-state index contributed by atoms with van der Waals surface area (Å²) in [4.78, 5) is 26.0. The summed E-state index contributed by atoms with van der Waals surface area (Å²) >= 11 is 0. The molecule has 9 heteroatoms. The van der Waals surface area contributed by atoms with Crippen LogP contribution < -0.4 is 14.5 Å². The van der Waals surface area contributed by atoms with Crippen molar-refractivity contribution in [3.63, 3.8) is 0 Å². The van der Waals surface area contributed by atoms with E-state index in [1.165, 1.54) is 28.1 Å². The van der Waals surface area contributed by atoms with Gasteiger partial charge < -0.3 is 24.3 Å². The first kappa shape index (κ1) is 30.8. The molecule has 1 atom stereocenters. The molecule has 1 saturated heterocycles. The van der Waals surface area contributed by atoms with Gasteiger partial charge in [0, 0.05) is 42.8 Å². The Morgan fingerprint density at radius 2 is 1.93 bits per heavy atom. The van der Waals surface area contributed by atoms with E-state index >= 15 is 0 Å². The van der Waals surface area contributed by atoms with Crippen LogP contribution in [0.25, 0.3) is 10.8 Å². The molecule has 1 aromatic heterocycles. The van der Waals surface area contributed by atoms with Gasteiger partial charge in [-0.15, -0.1) is 0 Å². The van der Waals surface area contributed by atoms with Crippen molar-refractivity contribution in [1.82, 2.24) is 14.8 Å². The number of hydrogen-bond acceptors (Lipinski definition) is 8. The van der Waals surface area contributed by atoms with Crippen molar-refractivity contribution in [2.24, 2.45) is 0 Å². The monoisotopic (exact) mass is 591 g/mol. The first-order valence-electron chi connectivity index (χ1n) is 15.4. The number of amides is 1. The largest absolute Gasteiger partial charge is 0.477 e. The minimum absolute atomic E-state index is 0.176. The van der Waals surface area contributed by atoms with Gasteiger partial charge in [-0.1, -0.05) is 36.9 Å². The molecule has 0 bridgehead atoms. The lowest BCUT2D eigenvalue weighted by Crippen LogP contribution is -2.55. The Kier molecular flexibility index (Phi) is 9.67. The molecule has 44 heavy (non-hydrogen) atoms. The number of carbonyl (C=O) groups is 1. The standard InChI is InChI=1S/C35H41N7O2/c1-5-32(43)42-20-19-41(23-27(42)14-16-36)34-28-15-18-40(31-13-9-12-26-11-8-10-25(2)33(26)31)24-30(28)38-35(29(34)22-37)44-21-7-6-17-39(3)4/h5,8-13,27H,1,6-7,14-15,17-21,23-24H2,2-4H3. The molecule has 0 radical (unpaired) electrons. The first-order chi connectivity index (χ1) is 21.4. The van der Waals surface area contributed by atoms with Gasteiger partial charge in [-0.3, -0.25) is 4.79 Å². The Morgan fingerprint density at radius 3 is 2.66 bits per heavy atom. The summed E-state index contributed by atoms with van der Waals surface area (Å²) in [5.74, 6) is 0.188. The number of carbonyl (C=O) groups excluding carboxylic acids is 1. The molecule has 2 aliphatic heterocycles. The van der Waals surface area contributed by atoms with Crippen LogP contribution in [-0.2, 0) is 17.8 Å². The number of aromatic nitrogens is 1. The molecule has 228 valence electrons. The van der Waals surface area contributed by atoms with E-state index in [2.05, 4.69) is 90.8 Å². The van der Waals surface area contributed by atoms with Gasteiger partial charge in [0.1, 0.15) is 11.6 Å². The molecule has 0 N–H and O–H groups in total. The normalized spacial score (nSPS) is 16.4. The summed E-state index contributed by atoms with van der Waals surface area (Å²) in [7, 11) is 4.11. The van der Waals surface area contributed by atoms with Crippen molar-refractivity contribution in [3.05, 3.63) is 71.4 Å². The second-order valence-corrected chi connectivity index (χ2v) is 11.9. The predicted octanol–water partition coefficient (Wildman–Crippen LogP) is 4.82. The minimum atomic E-state index is -0.302. The average Bonchev–Trinajstić information content (AvgIpc) is 3.03. The lowest BCUT2D eigenvalue weighted by molar-refractivity contribution is -0.128. The SMILES string of the molecule is C=CC(=O)N1CCN(c2c(C#N)c(OCCCCN(C)C)nc3c2CCN(c2cccc4cccc(C)c24)C3)CC1CC#N. The van der Waals surface area contributed by atoms with E-state index in [0.717, 1.165) is 42.9 Å². The molecule has 9 nitrogen and oxygen atoms in total. The highest BCUT2D eigenvalue weighted by Crippen LogP contribution is 2.40. The third kappa shape index (κ3) is 6.34. The molecular formula is C35H41N7O2. The summed E-state index contributed by atoms with van der Waals surface area (Å²) in [5, 5.41) is 22.5. The van der Waals surface area contributed by atoms with E-state index < -0.39 is 0 Å². The summed E-state index contributed by atoms with van der Waals surface area (Å²) in [6.07, 6.45) is 4.06. The fraction of sp³-hybridized carbons (Fsp3) is 0.429. The van der Waals surface area contributed by atoms with Crippen LogP contribution in [0, 0.1) is 29.6 Å². The number of piperazine rings is 1. The van der Waals surface area contributed by atoms with Gasteiger partial charge in [-0.2, -0.15) is 10.5 Å². The Bertz CT molecular complexity index is 1610. The molecule has 2 aromatic carbocycles. The number of rotatable bonds is 10. The van der Waals surface area contributed by atoms with Gasteiger partial charge in [0.15, 0.2) is 0 Å². The molecule has 0 aliphatic carbocycles. The van der Waals surface area contributed by atoms with Crippen LogP contribution >= 0.6 is 0 Å². The molecule has 0 spiro atoms. The number of hydrogen-bond donors (Lipinski definition) is 0. The number of aryl methyl sites for hydroxylation is 1. The zero-order valence-electron chi connectivity index (χ0n) is 26.1. The van der Waals surface area contributed by atoms with Crippen LogP contribution in [0.15, 0.2) is 49.1 Å². The number of fused-ring (bicyclic) bond motifs is 2. The maximum absolute atomic E-state index is 12.6. The van der Waals surface area contributed by atoms with Gasteiger partial charge >= 0.3 is 0 Å². The van der Waals surface area contributed by atoms with Crippen LogP contribution in [0.1, 0.15) is 41.6 Å². The van der Waals surface area contributed by atoms with E-state index in [0.29, 0.717) is 50.7 Å². The number of unbranched alkanes of at least 4 members (excludes halogenated alkanes) is 1. The van der Waals surface area contributed by atoms with Crippen molar-refractivity contribution >= 4 is 28.1 Å². The predicted molar refractivity (Wildman–Crippen MR) is 174 cm³/mol. The Balaban J connectivity index is 1.53. The first-order valence-corrected chi connectivity index (χ1v) is 15.4. The molecule has 3 heterocycles. The third-order valence-electron chi connectivity index (χ3n) is 8.66. The summed E-state index contributed by atoms with van der Waals surface area (Å²) < 4.78 is 6.26. The highest BCUT2D eigenvalue weighted by Gasteiger charge is 2.35. The van der Waals surface area contributed by atoms with Gasteiger partial charge in [0.05, 0.1) is 43.1 Å². The maximum atomic E-state index is 12.6. The van der Waals surface area contributed by atoms with Gasteiger partial charge in [-0.25, -0.2) is 4.98 Å². The van der Waals surface area contributed by atoms with E-state index in [1.807, 2.05) is 0 Å². The van der Waals surface area contributed by atoms with Crippen molar-refractivity contribution < 1.29 is 9.53 Å². The summed E-state index contributed by atoms with van der Waals surface area (Å²) in [6.45, 7) is 10.0. The minimum Gasteiger partial charge on any atom is -0.477 e. The van der Waals surface area contributed by atoms with Crippen LogP contribution in [0.2, 0.25) is 0 Å². The third-order valence-corrected chi connectivity index (χ3v) is 8.66. The number of nitrogens with zero attached hydrogens (tertiary/aromatic N) is 7. The number of pyridine rings is 1. The van der Waals surface area contributed by atoms with Crippen molar-refractivity contribution in [1.29, 1.82) is 10.5 Å². The number of anilines is 2. The van der Waals surface area contributed by atoms with Crippen LogP contribution in [0.4, 0.5) is 11.4 Å². The van der Waals surface area contributed by atoms with Crippen molar-refractivity contribution in [2.75, 3.05) is 63.2 Å². The summed E-state index contributed by atoms with van der Waals surface area (Å²) in [5.41, 5.74) is 5.63. The van der Waals surface area contributed by atoms with E-state index in [-0.39, 0.29) is 18.4 Å². The second kappa shape index (κ2) is 13.8. The zero-order chi connectivity index (χ0) is 31.2. The van der Waals surface area contributed by atoms with Crippen LogP contribution in [0.5, 0.6) is 5.88 Å². The van der Waals surface area contributed by atoms with Gasteiger partial charge in [-0.05, 0) is 69.9 Å². The van der Waals surface area contributed by atoms with E-state index in [9.17, 15) is 15.3 Å². The molecular weight excluding hydrogens is 550 g/mol. The average molecular weight is 592 g/mol. The fourth-order valence-electron chi connectivity index (χ4n) is 6.51. The van der Waals surface area contributed by atoms with Crippen molar-refractivity contribution in [2.45, 2.75) is 45.2 Å². The van der Waals surface area contributed by atoms with Crippen LogP contribution in [-0.4, -0.2) is 80.2 Å². The van der Waals surface area contributed by atoms with Crippen molar-refractivity contribution in [3.8, 4) is 18.0 Å². The Hall–Kier alpha value is -4.60. The highest BCUT2D eigenvalue weighted by atomic mass is 16.5. The Labute approximate surface area is 260 Å². The second-order valence-electron chi connectivity index (χ2n) is 11.9. The molecule has 1 fully saturated rings. The molecule has 1 unspecified atom stereocenters. The Morgan fingerprint density at radius 1 is 1.14 bits per heavy atom. The smallest absolute Gasteiger partial charge is 0.246 e. The van der Waals surface area contributed by atoms with E-state index in [1.54, 1.807) is 4.90 Å². The van der Waals surface area contributed by atoms with Gasteiger partial charge in [0.2, 0.25) is 11.8 Å². The van der Waals surface area contributed by atoms with Gasteiger partial charge in [0.25, 0.3) is 0 Å². The van der Waals surface area contributed by atoms with Crippen LogP contribution in [0.3, 0.4) is 0 Å². The lowest BCUT2D eigenvalue weighted by atomic mass is 9.95. The number of ether oxygens (including phenoxy) is 1. The zero-order valence-corrected chi connectivity index (χ0v) is 26.1. The summed E-state index contributed by atoms with van der Waals surface area (Å²) in [6, 6.07) is 17.2. The molecule has 1 amide bonds. The highest BCUT2D eigenvalue weighted by molar-refractivity contribution is 5.97. The quantitative estimate of drug-likeness (QED) is 0.245. The molecule has 3 aromatic rings.